The molecule has 6 heteroatoms. The molecule has 2 aromatic carbocycles. The Hall–Kier alpha value is -2.24. The SMILES string of the molecule is Fc1cccc(/C=N\Nc2nc(-c3ccc(Cl)cc3)cs2)c1. The van der Waals surface area contributed by atoms with Crippen molar-refractivity contribution in [1.29, 1.82) is 0 Å². The molecule has 22 heavy (non-hydrogen) atoms. The van der Waals surface area contributed by atoms with Gasteiger partial charge in [0.15, 0.2) is 0 Å². The Morgan fingerprint density at radius 2 is 2.00 bits per heavy atom. The average Bonchev–Trinajstić information content (AvgIpc) is 2.97. The highest BCUT2D eigenvalue weighted by Gasteiger charge is 2.03. The summed E-state index contributed by atoms with van der Waals surface area (Å²) in [7, 11) is 0. The first kappa shape index (κ1) is 14.7. The molecule has 0 bridgehead atoms. The number of hydrogen-bond acceptors (Lipinski definition) is 4. The quantitative estimate of drug-likeness (QED) is 0.536. The Balaban J connectivity index is 1.68. The molecule has 0 spiro atoms. The molecule has 0 saturated heterocycles. The normalized spacial score (nSPS) is 11.0. The topological polar surface area (TPSA) is 37.3 Å². The van der Waals surface area contributed by atoms with E-state index in [0.717, 1.165) is 11.3 Å². The summed E-state index contributed by atoms with van der Waals surface area (Å²) in [6, 6.07) is 13.7. The zero-order chi connectivity index (χ0) is 15.4. The maximum absolute atomic E-state index is 13.0. The lowest BCUT2D eigenvalue weighted by molar-refractivity contribution is 0.627. The lowest BCUT2D eigenvalue weighted by Crippen LogP contribution is -1.90. The van der Waals surface area contributed by atoms with Crippen molar-refractivity contribution >= 4 is 34.3 Å². The number of rotatable bonds is 4. The first-order valence-electron chi connectivity index (χ1n) is 6.47. The number of thiazole rings is 1. The third-order valence-electron chi connectivity index (χ3n) is 2.87. The number of nitrogens with zero attached hydrogens (tertiary/aromatic N) is 2. The fourth-order valence-electron chi connectivity index (χ4n) is 1.83. The van der Waals surface area contributed by atoms with Crippen molar-refractivity contribution in [3.63, 3.8) is 0 Å². The Morgan fingerprint density at radius 3 is 2.77 bits per heavy atom. The zero-order valence-corrected chi connectivity index (χ0v) is 12.9. The van der Waals surface area contributed by atoms with Gasteiger partial charge in [-0.2, -0.15) is 5.10 Å². The number of hydrazone groups is 1. The van der Waals surface area contributed by atoms with Gasteiger partial charge in [0, 0.05) is 16.0 Å². The summed E-state index contributed by atoms with van der Waals surface area (Å²) in [6.45, 7) is 0. The average molecular weight is 332 g/mol. The molecule has 0 aliphatic rings. The molecular weight excluding hydrogens is 321 g/mol. The largest absolute Gasteiger partial charge is 0.253 e. The first-order chi connectivity index (χ1) is 10.7. The van der Waals surface area contributed by atoms with Gasteiger partial charge < -0.3 is 0 Å². The van der Waals surface area contributed by atoms with Gasteiger partial charge in [-0.3, -0.25) is 5.43 Å². The summed E-state index contributed by atoms with van der Waals surface area (Å²) >= 11 is 7.31. The van der Waals surface area contributed by atoms with Crippen LogP contribution >= 0.6 is 22.9 Å². The molecule has 3 aromatic rings. The third-order valence-corrected chi connectivity index (χ3v) is 3.87. The van der Waals surface area contributed by atoms with Crippen LogP contribution < -0.4 is 5.43 Å². The van der Waals surface area contributed by atoms with Gasteiger partial charge in [-0.25, -0.2) is 9.37 Å². The van der Waals surface area contributed by atoms with Crippen LogP contribution in [0.4, 0.5) is 9.52 Å². The Bertz CT molecular complexity index is 799. The maximum atomic E-state index is 13.0. The summed E-state index contributed by atoms with van der Waals surface area (Å²) < 4.78 is 13.0. The predicted octanol–water partition coefficient (Wildman–Crippen LogP) is 5.05. The minimum Gasteiger partial charge on any atom is -0.253 e. The number of hydrogen-bond donors (Lipinski definition) is 1. The van der Waals surface area contributed by atoms with E-state index in [0.29, 0.717) is 15.7 Å². The van der Waals surface area contributed by atoms with Crippen molar-refractivity contribution in [2.45, 2.75) is 0 Å². The third kappa shape index (κ3) is 3.69. The van der Waals surface area contributed by atoms with E-state index in [9.17, 15) is 4.39 Å². The van der Waals surface area contributed by atoms with Crippen LogP contribution in [0.15, 0.2) is 59.0 Å². The molecule has 0 atom stereocenters. The van der Waals surface area contributed by atoms with Crippen LogP contribution in [0.25, 0.3) is 11.3 Å². The molecule has 0 amide bonds. The van der Waals surface area contributed by atoms with E-state index in [2.05, 4.69) is 15.5 Å². The molecule has 0 unspecified atom stereocenters. The highest BCUT2D eigenvalue weighted by molar-refractivity contribution is 7.14. The second kappa shape index (κ2) is 6.68. The number of aromatic nitrogens is 1. The van der Waals surface area contributed by atoms with Crippen LogP contribution in [0.1, 0.15) is 5.56 Å². The first-order valence-corrected chi connectivity index (χ1v) is 7.72. The van der Waals surface area contributed by atoms with Crippen molar-refractivity contribution in [3.8, 4) is 11.3 Å². The second-order valence-electron chi connectivity index (χ2n) is 4.47. The van der Waals surface area contributed by atoms with Gasteiger partial charge in [0.05, 0.1) is 11.9 Å². The van der Waals surface area contributed by atoms with Crippen LogP contribution in [-0.2, 0) is 0 Å². The molecule has 3 rings (SSSR count). The van der Waals surface area contributed by atoms with E-state index < -0.39 is 0 Å². The van der Waals surface area contributed by atoms with Gasteiger partial charge in [-0.15, -0.1) is 11.3 Å². The lowest BCUT2D eigenvalue weighted by atomic mass is 10.2. The minimum atomic E-state index is -0.289. The van der Waals surface area contributed by atoms with Gasteiger partial charge in [0.25, 0.3) is 0 Å². The molecule has 0 radical (unpaired) electrons. The fraction of sp³-hybridized carbons (Fsp3) is 0. The molecule has 0 saturated carbocycles. The molecule has 1 aromatic heterocycles. The maximum Gasteiger partial charge on any atom is 0.203 e. The Morgan fingerprint density at radius 1 is 1.18 bits per heavy atom. The lowest BCUT2D eigenvalue weighted by Gasteiger charge is -1.97. The molecule has 1 N–H and O–H groups in total. The van der Waals surface area contributed by atoms with Gasteiger partial charge in [-0.05, 0) is 29.8 Å². The number of anilines is 1. The Kier molecular flexibility index (Phi) is 4.46. The van der Waals surface area contributed by atoms with Crippen molar-refractivity contribution in [2.24, 2.45) is 5.10 Å². The highest BCUT2D eigenvalue weighted by Crippen LogP contribution is 2.25. The standard InChI is InChI=1S/C16H11ClFN3S/c17-13-6-4-12(5-7-13)15-10-22-16(20-15)21-19-9-11-2-1-3-14(18)8-11/h1-10H,(H,20,21)/b19-9-. The molecule has 0 aliphatic heterocycles. The van der Waals surface area contributed by atoms with Gasteiger partial charge in [-0.1, -0.05) is 35.9 Å². The van der Waals surface area contributed by atoms with Crippen LogP contribution in [-0.4, -0.2) is 11.2 Å². The second-order valence-corrected chi connectivity index (χ2v) is 5.76. The van der Waals surface area contributed by atoms with Crippen LogP contribution in [0.2, 0.25) is 5.02 Å². The van der Waals surface area contributed by atoms with Crippen molar-refractivity contribution in [3.05, 3.63) is 70.3 Å². The smallest absolute Gasteiger partial charge is 0.203 e. The molecule has 1 heterocycles. The molecule has 0 fully saturated rings. The summed E-state index contributed by atoms with van der Waals surface area (Å²) in [4.78, 5) is 4.44. The summed E-state index contributed by atoms with van der Waals surface area (Å²) in [5.74, 6) is -0.289. The van der Waals surface area contributed by atoms with Gasteiger partial charge >= 0.3 is 0 Å². The van der Waals surface area contributed by atoms with Crippen LogP contribution in [0, 0.1) is 5.82 Å². The summed E-state index contributed by atoms with van der Waals surface area (Å²) in [6.07, 6.45) is 1.55. The highest BCUT2D eigenvalue weighted by atomic mass is 35.5. The molecule has 3 nitrogen and oxygen atoms in total. The summed E-state index contributed by atoms with van der Waals surface area (Å²) in [5, 5.41) is 7.35. The molecule has 110 valence electrons. The van der Waals surface area contributed by atoms with Gasteiger partial charge in [0.1, 0.15) is 5.82 Å². The zero-order valence-electron chi connectivity index (χ0n) is 11.3. The van der Waals surface area contributed by atoms with E-state index >= 15 is 0 Å². The van der Waals surface area contributed by atoms with E-state index in [-0.39, 0.29) is 5.82 Å². The van der Waals surface area contributed by atoms with Crippen molar-refractivity contribution in [2.75, 3.05) is 5.43 Å². The summed E-state index contributed by atoms with van der Waals surface area (Å²) in [5.41, 5.74) is 5.37. The van der Waals surface area contributed by atoms with Crippen LogP contribution in [0.5, 0.6) is 0 Å². The predicted molar refractivity (Wildman–Crippen MR) is 90.2 cm³/mol. The van der Waals surface area contributed by atoms with Gasteiger partial charge in [0.2, 0.25) is 5.13 Å². The number of benzene rings is 2. The van der Waals surface area contributed by atoms with E-state index in [4.69, 9.17) is 11.6 Å². The molecular formula is C16H11ClFN3S. The monoisotopic (exact) mass is 331 g/mol. The fourth-order valence-corrected chi connectivity index (χ4v) is 2.62. The van der Waals surface area contributed by atoms with Crippen molar-refractivity contribution in [1.82, 2.24) is 4.98 Å². The van der Waals surface area contributed by atoms with Crippen LogP contribution in [0.3, 0.4) is 0 Å². The molecule has 0 aliphatic carbocycles. The minimum absolute atomic E-state index is 0.289. The number of nitrogens with one attached hydrogen (secondary N) is 1. The number of halogens is 2. The Labute approximate surface area is 136 Å². The van der Waals surface area contributed by atoms with Crippen molar-refractivity contribution < 1.29 is 4.39 Å². The van der Waals surface area contributed by atoms with E-state index in [1.54, 1.807) is 18.3 Å². The van der Waals surface area contributed by atoms with E-state index in [1.807, 2.05) is 29.6 Å². The van der Waals surface area contributed by atoms with E-state index in [1.165, 1.54) is 23.5 Å².